The third-order valence-electron chi connectivity index (χ3n) is 3.26. The minimum Gasteiger partial charge on any atom is -0.350 e. The number of aromatic nitrogens is 1. The second-order valence-corrected chi connectivity index (χ2v) is 7.53. The van der Waals surface area contributed by atoms with Crippen molar-refractivity contribution in [1.29, 1.82) is 5.26 Å². The van der Waals surface area contributed by atoms with Crippen LogP contribution in [0.4, 0.5) is 13.2 Å². The Balaban J connectivity index is 2.16. The zero-order chi connectivity index (χ0) is 18.6. The van der Waals surface area contributed by atoms with Crippen molar-refractivity contribution in [1.82, 2.24) is 10.3 Å². The average molecular weight is 385 g/mol. The number of nitrogens with one attached hydrogen (secondary N) is 1. The van der Waals surface area contributed by atoms with Crippen molar-refractivity contribution in [3.63, 3.8) is 0 Å². The van der Waals surface area contributed by atoms with E-state index >= 15 is 0 Å². The van der Waals surface area contributed by atoms with Gasteiger partial charge in [0, 0.05) is 4.88 Å². The van der Waals surface area contributed by atoms with Gasteiger partial charge in [0.1, 0.15) is 16.8 Å². The van der Waals surface area contributed by atoms with Crippen molar-refractivity contribution in [2.45, 2.75) is 36.8 Å². The summed E-state index contributed by atoms with van der Waals surface area (Å²) in [7, 11) is 0. The summed E-state index contributed by atoms with van der Waals surface area (Å²) in [5.74, 6) is -0.334. The minimum absolute atomic E-state index is 0.0518. The first-order chi connectivity index (χ1) is 11.7. The second kappa shape index (κ2) is 7.89. The molecule has 0 radical (unpaired) electrons. The fourth-order valence-electron chi connectivity index (χ4n) is 1.96. The lowest BCUT2D eigenvalue weighted by Crippen LogP contribution is -2.30. The summed E-state index contributed by atoms with van der Waals surface area (Å²) in [6, 6.07) is 6.43. The molecule has 0 aliphatic heterocycles. The molecule has 2 heterocycles. The molecule has 1 atom stereocenters. The van der Waals surface area contributed by atoms with E-state index < -0.39 is 17.1 Å². The molecule has 0 aromatic carbocycles. The highest BCUT2D eigenvalue weighted by atomic mass is 32.2. The zero-order valence-corrected chi connectivity index (χ0v) is 15.0. The third-order valence-corrected chi connectivity index (χ3v) is 5.22. The topological polar surface area (TPSA) is 65.8 Å². The lowest BCUT2D eigenvalue weighted by atomic mass is 10.1. The van der Waals surface area contributed by atoms with E-state index in [1.807, 2.05) is 23.6 Å². The lowest BCUT2D eigenvalue weighted by Gasteiger charge is -2.15. The summed E-state index contributed by atoms with van der Waals surface area (Å²) in [6.07, 6.45) is -4.61. The molecule has 1 amide bonds. The monoisotopic (exact) mass is 385 g/mol. The van der Waals surface area contributed by atoms with Gasteiger partial charge in [-0.3, -0.25) is 4.79 Å². The van der Waals surface area contributed by atoms with Gasteiger partial charge in [0.2, 0.25) is 5.91 Å². The summed E-state index contributed by atoms with van der Waals surface area (Å²) in [5, 5.41) is 13.0. The summed E-state index contributed by atoms with van der Waals surface area (Å²) < 4.78 is 38.8. The molecule has 0 saturated heterocycles. The molecule has 0 aliphatic carbocycles. The van der Waals surface area contributed by atoms with Crippen molar-refractivity contribution in [3.8, 4) is 6.07 Å². The molecular weight excluding hydrogens is 371 g/mol. The van der Waals surface area contributed by atoms with E-state index in [2.05, 4.69) is 10.3 Å². The highest BCUT2D eigenvalue weighted by Crippen LogP contribution is 2.33. The molecule has 25 heavy (non-hydrogen) atoms. The number of nitriles is 1. The first-order valence-electron chi connectivity index (χ1n) is 7.18. The number of aryl methyl sites for hydroxylation is 1. The number of carbonyl (C=O) groups excluding carboxylic acids is 1. The van der Waals surface area contributed by atoms with Crippen LogP contribution in [0.1, 0.15) is 28.6 Å². The Morgan fingerprint density at radius 1 is 1.52 bits per heavy atom. The zero-order valence-electron chi connectivity index (χ0n) is 13.3. The van der Waals surface area contributed by atoms with Crippen LogP contribution < -0.4 is 5.32 Å². The van der Waals surface area contributed by atoms with E-state index in [0.717, 1.165) is 22.7 Å². The maximum absolute atomic E-state index is 12.9. The molecule has 0 spiro atoms. The number of halogens is 3. The molecule has 1 N–H and O–H groups in total. The first-order valence-corrected chi connectivity index (χ1v) is 8.94. The number of nitrogens with zero attached hydrogens (tertiary/aromatic N) is 2. The molecule has 4 nitrogen and oxygen atoms in total. The van der Waals surface area contributed by atoms with Crippen LogP contribution >= 0.6 is 23.1 Å². The molecule has 2 aromatic rings. The third kappa shape index (κ3) is 4.96. The van der Waals surface area contributed by atoms with Crippen LogP contribution in [0.5, 0.6) is 0 Å². The molecule has 2 aromatic heterocycles. The van der Waals surface area contributed by atoms with Crippen molar-refractivity contribution in [2.75, 3.05) is 0 Å². The Morgan fingerprint density at radius 3 is 2.80 bits per heavy atom. The molecule has 0 aliphatic rings. The van der Waals surface area contributed by atoms with Crippen molar-refractivity contribution in [3.05, 3.63) is 45.3 Å². The molecule has 0 bridgehead atoms. The summed E-state index contributed by atoms with van der Waals surface area (Å²) in [4.78, 5) is 16.7. The van der Waals surface area contributed by atoms with Gasteiger partial charge in [-0.2, -0.15) is 18.4 Å². The van der Waals surface area contributed by atoms with Gasteiger partial charge in [-0.25, -0.2) is 4.98 Å². The van der Waals surface area contributed by atoms with Crippen LogP contribution in [-0.4, -0.2) is 16.1 Å². The Kier molecular flexibility index (Phi) is 6.08. The van der Waals surface area contributed by atoms with Crippen molar-refractivity contribution < 1.29 is 18.0 Å². The first kappa shape index (κ1) is 19.3. The highest BCUT2D eigenvalue weighted by Gasteiger charge is 2.34. The van der Waals surface area contributed by atoms with Crippen LogP contribution in [-0.2, 0) is 17.5 Å². The Labute approximate surface area is 151 Å². The maximum atomic E-state index is 12.9. The number of pyridine rings is 1. The van der Waals surface area contributed by atoms with Crippen LogP contribution in [0.25, 0.3) is 0 Å². The van der Waals surface area contributed by atoms with Gasteiger partial charge in [0.05, 0.1) is 17.4 Å². The summed E-state index contributed by atoms with van der Waals surface area (Å²) in [6.45, 7) is 3.33. The number of thioether (sulfide) groups is 1. The van der Waals surface area contributed by atoms with Crippen LogP contribution in [0, 0.1) is 18.3 Å². The molecule has 9 heteroatoms. The molecule has 0 fully saturated rings. The smallest absolute Gasteiger partial charge is 0.350 e. The van der Waals surface area contributed by atoms with E-state index in [1.54, 1.807) is 6.92 Å². The standard InChI is InChI=1S/C16H14F3N3OS2/c1-9-6-13(16(17,18)19)22-15(12(9)7-20)25-10(2)14(23)21-8-11-4-3-5-24-11/h3-6,10H,8H2,1-2H3,(H,21,23)/t10-/m1/s1. The number of thiophene rings is 1. The average Bonchev–Trinajstić information content (AvgIpc) is 3.04. The molecular formula is C16H14F3N3OS2. The summed E-state index contributed by atoms with van der Waals surface area (Å²) in [5.41, 5.74) is -0.841. The number of amides is 1. The van der Waals surface area contributed by atoms with Crippen molar-refractivity contribution >= 4 is 29.0 Å². The highest BCUT2D eigenvalue weighted by molar-refractivity contribution is 8.00. The molecule has 2 rings (SSSR count). The Morgan fingerprint density at radius 2 is 2.24 bits per heavy atom. The second-order valence-electron chi connectivity index (χ2n) is 5.17. The van der Waals surface area contributed by atoms with Gasteiger partial charge in [-0.1, -0.05) is 17.8 Å². The summed E-state index contributed by atoms with van der Waals surface area (Å²) >= 11 is 2.33. The fourth-order valence-corrected chi connectivity index (χ4v) is 3.61. The van der Waals surface area contributed by atoms with Crippen LogP contribution in [0.15, 0.2) is 28.6 Å². The molecule has 132 valence electrons. The van der Waals surface area contributed by atoms with Gasteiger partial charge in [-0.05, 0) is 36.9 Å². The maximum Gasteiger partial charge on any atom is 0.433 e. The van der Waals surface area contributed by atoms with E-state index in [0.29, 0.717) is 6.54 Å². The number of rotatable bonds is 5. The Hall–Kier alpha value is -2.05. The quantitative estimate of drug-likeness (QED) is 0.786. The lowest BCUT2D eigenvalue weighted by molar-refractivity contribution is -0.141. The van der Waals surface area contributed by atoms with Crippen LogP contribution in [0.3, 0.4) is 0 Å². The van der Waals surface area contributed by atoms with Gasteiger partial charge in [0.25, 0.3) is 0 Å². The number of carbonyl (C=O) groups is 1. The number of hydrogen-bond acceptors (Lipinski definition) is 5. The predicted molar refractivity (Wildman–Crippen MR) is 90.2 cm³/mol. The molecule has 0 unspecified atom stereocenters. The normalized spacial score (nSPS) is 12.5. The SMILES string of the molecule is Cc1cc(C(F)(F)F)nc(S[C@H](C)C(=O)NCc2cccs2)c1C#N. The Bertz CT molecular complexity index is 798. The van der Waals surface area contributed by atoms with Crippen molar-refractivity contribution in [2.24, 2.45) is 0 Å². The molecule has 0 saturated carbocycles. The van der Waals surface area contributed by atoms with Gasteiger partial charge < -0.3 is 5.32 Å². The van der Waals surface area contributed by atoms with E-state index in [9.17, 15) is 23.2 Å². The largest absolute Gasteiger partial charge is 0.433 e. The predicted octanol–water partition coefficient (Wildman–Crippen LogP) is 4.14. The van der Waals surface area contributed by atoms with E-state index in [1.165, 1.54) is 18.3 Å². The van der Waals surface area contributed by atoms with E-state index in [-0.39, 0.29) is 22.1 Å². The van der Waals surface area contributed by atoms with Crippen LogP contribution in [0.2, 0.25) is 0 Å². The minimum atomic E-state index is -4.61. The number of hydrogen-bond donors (Lipinski definition) is 1. The van der Waals surface area contributed by atoms with Gasteiger partial charge in [-0.15, -0.1) is 11.3 Å². The number of alkyl halides is 3. The van der Waals surface area contributed by atoms with Gasteiger partial charge >= 0.3 is 6.18 Å². The fraction of sp³-hybridized carbons (Fsp3) is 0.312. The van der Waals surface area contributed by atoms with E-state index in [4.69, 9.17) is 0 Å². The van der Waals surface area contributed by atoms with Gasteiger partial charge in [0.15, 0.2) is 0 Å².